The number of hydrogen-bond acceptors (Lipinski definition) is 2. The van der Waals surface area contributed by atoms with Crippen molar-refractivity contribution in [2.75, 3.05) is 6.54 Å². The van der Waals surface area contributed by atoms with Crippen LogP contribution in [0.5, 0.6) is 0 Å². The van der Waals surface area contributed by atoms with Crippen molar-refractivity contribution in [3.63, 3.8) is 0 Å². The highest BCUT2D eigenvalue weighted by molar-refractivity contribution is 6.77. The summed E-state index contributed by atoms with van der Waals surface area (Å²) in [6.45, 7) is 7.82. The number of hydrogen-bond donors (Lipinski definition) is 2. The van der Waals surface area contributed by atoms with Gasteiger partial charge in [0.15, 0.2) is 0 Å². The maximum absolute atomic E-state index is 6.06. The summed E-state index contributed by atoms with van der Waals surface area (Å²) >= 11 is 0. The average molecular weight is 188 g/mol. The molecule has 0 saturated carbocycles. The molecule has 1 unspecified atom stereocenters. The molecule has 12 heavy (non-hydrogen) atoms. The Labute approximate surface area is 77.7 Å². The van der Waals surface area contributed by atoms with Gasteiger partial charge in [0.1, 0.15) is 0 Å². The zero-order valence-electron chi connectivity index (χ0n) is 8.77. The van der Waals surface area contributed by atoms with Gasteiger partial charge in [-0.15, -0.1) is 0 Å². The third-order valence-corrected chi connectivity index (χ3v) is 4.85. The molecule has 0 aromatic rings. The molecule has 4 N–H and O–H groups in total. The van der Waals surface area contributed by atoms with Crippen molar-refractivity contribution in [2.45, 2.75) is 51.0 Å². The second-order valence-electron chi connectivity index (χ2n) is 4.61. The van der Waals surface area contributed by atoms with E-state index in [0.29, 0.717) is 5.67 Å². The van der Waals surface area contributed by atoms with E-state index in [4.69, 9.17) is 11.5 Å². The van der Waals surface area contributed by atoms with Crippen molar-refractivity contribution >= 4 is 8.07 Å². The third-order valence-electron chi connectivity index (χ3n) is 2.33. The average Bonchev–Trinajstić information content (AvgIpc) is 1.96. The first-order valence-electron chi connectivity index (χ1n) is 4.94. The first-order chi connectivity index (χ1) is 5.48. The second-order valence-corrected chi connectivity index (χ2v) is 10.1. The van der Waals surface area contributed by atoms with Gasteiger partial charge in [-0.1, -0.05) is 32.5 Å². The van der Waals surface area contributed by atoms with Crippen LogP contribution in [0.2, 0.25) is 19.6 Å². The largest absolute Gasteiger partial charge is 0.330 e. The monoisotopic (exact) mass is 188 g/mol. The molecule has 3 heteroatoms. The van der Waals surface area contributed by atoms with Crippen LogP contribution in [0.3, 0.4) is 0 Å². The normalized spacial score (nSPS) is 14.8. The van der Waals surface area contributed by atoms with Gasteiger partial charge in [0.2, 0.25) is 0 Å². The molecule has 0 bridgehead atoms. The fourth-order valence-corrected chi connectivity index (χ4v) is 2.19. The van der Waals surface area contributed by atoms with Gasteiger partial charge < -0.3 is 11.5 Å². The Hall–Kier alpha value is 0.137. The zero-order valence-corrected chi connectivity index (χ0v) is 9.77. The molecule has 0 aliphatic carbocycles. The van der Waals surface area contributed by atoms with E-state index in [9.17, 15) is 0 Å². The molecule has 0 spiro atoms. The number of nitrogens with two attached hydrogens (primary N) is 2. The summed E-state index contributed by atoms with van der Waals surface area (Å²) in [5.41, 5.74) is 11.9. The molecule has 0 aliphatic heterocycles. The highest BCUT2D eigenvalue weighted by Gasteiger charge is 2.21. The molecule has 0 saturated heterocycles. The summed E-state index contributed by atoms with van der Waals surface area (Å²) in [5.74, 6) is 0. The number of unbranched alkanes of at least 4 members (excludes halogenated alkanes) is 2. The lowest BCUT2D eigenvalue weighted by Crippen LogP contribution is -2.44. The molecule has 0 fully saturated rings. The Bertz CT molecular complexity index is 110. The minimum atomic E-state index is -1.07. The SMILES string of the molecule is C[Si](C)(C)C(N)CCCCCN. The van der Waals surface area contributed by atoms with Crippen molar-refractivity contribution in [3.05, 3.63) is 0 Å². The predicted octanol–water partition coefficient (Wildman–Crippen LogP) is 1.71. The molecular weight excluding hydrogens is 164 g/mol. The van der Waals surface area contributed by atoms with Gasteiger partial charge in [0.25, 0.3) is 0 Å². The Morgan fingerprint density at radius 2 is 1.67 bits per heavy atom. The summed E-state index contributed by atoms with van der Waals surface area (Å²) in [6, 6.07) is 0. The molecule has 0 aliphatic rings. The van der Waals surface area contributed by atoms with Crippen LogP contribution in [0.1, 0.15) is 25.7 Å². The zero-order chi connectivity index (χ0) is 9.61. The molecule has 0 amide bonds. The van der Waals surface area contributed by atoms with E-state index in [-0.39, 0.29) is 0 Å². The Morgan fingerprint density at radius 3 is 2.08 bits per heavy atom. The molecule has 2 nitrogen and oxygen atoms in total. The van der Waals surface area contributed by atoms with Gasteiger partial charge in [-0.3, -0.25) is 0 Å². The summed E-state index contributed by atoms with van der Waals surface area (Å²) in [6.07, 6.45) is 4.84. The maximum atomic E-state index is 6.06. The van der Waals surface area contributed by atoms with Crippen LogP contribution < -0.4 is 11.5 Å². The van der Waals surface area contributed by atoms with Gasteiger partial charge in [-0.05, 0) is 25.1 Å². The standard InChI is InChI=1S/C9H24N2Si/c1-12(2,3)9(11)7-5-4-6-8-10/h9H,4-8,10-11H2,1-3H3. The van der Waals surface area contributed by atoms with Crippen LogP contribution in [0, 0.1) is 0 Å². The summed E-state index contributed by atoms with van der Waals surface area (Å²) in [5, 5.41) is 0. The van der Waals surface area contributed by atoms with Crippen molar-refractivity contribution in [3.8, 4) is 0 Å². The van der Waals surface area contributed by atoms with Crippen molar-refractivity contribution in [1.82, 2.24) is 0 Å². The lowest BCUT2D eigenvalue weighted by atomic mass is 10.2. The third kappa shape index (κ3) is 5.74. The predicted molar refractivity (Wildman–Crippen MR) is 58.8 cm³/mol. The Kier molecular flexibility index (Phi) is 5.79. The molecule has 0 aromatic carbocycles. The molecule has 0 rings (SSSR count). The minimum absolute atomic E-state index is 0.468. The first kappa shape index (κ1) is 12.1. The van der Waals surface area contributed by atoms with Gasteiger partial charge in [0.05, 0.1) is 8.07 Å². The van der Waals surface area contributed by atoms with Crippen molar-refractivity contribution in [1.29, 1.82) is 0 Å². The fourth-order valence-electron chi connectivity index (χ4n) is 1.12. The highest BCUT2D eigenvalue weighted by Crippen LogP contribution is 2.12. The van der Waals surface area contributed by atoms with E-state index in [1.807, 2.05) is 0 Å². The van der Waals surface area contributed by atoms with Crippen LogP contribution in [-0.4, -0.2) is 20.3 Å². The van der Waals surface area contributed by atoms with Crippen LogP contribution in [0.15, 0.2) is 0 Å². The van der Waals surface area contributed by atoms with Crippen molar-refractivity contribution < 1.29 is 0 Å². The lowest BCUT2D eigenvalue weighted by molar-refractivity contribution is 0.624. The van der Waals surface area contributed by atoms with E-state index in [1.165, 1.54) is 19.3 Å². The maximum Gasteiger partial charge on any atom is 0.0632 e. The van der Waals surface area contributed by atoms with E-state index in [2.05, 4.69) is 19.6 Å². The molecule has 0 radical (unpaired) electrons. The van der Waals surface area contributed by atoms with Crippen LogP contribution in [0.25, 0.3) is 0 Å². The second kappa shape index (κ2) is 5.73. The minimum Gasteiger partial charge on any atom is -0.330 e. The lowest BCUT2D eigenvalue weighted by Gasteiger charge is -2.24. The van der Waals surface area contributed by atoms with E-state index >= 15 is 0 Å². The molecule has 1 atom stereocenters. The smallest absolute Gasteiger partial charge is 0.0632 e. The van der Waals surface area contributed by atoms with Gasteiger partial charge in [-0.2, -0.15) is 0 Å². The topological polar surface area (TPSA) is 52.0 Å². The molecule has 0 heterocycles. The Morgan fingerprint density at radius 1 is 1.08 bits per heavy atom. The van der Waals surface area contributed by atoms with Gasteiger partial charge >= 0.3 is 0 Å². The summed E-state index contributed by atoms with van der Waals surface area (Å²) in [7, 11) is -1.07. The van der Waals surface area contributed by atoms with Gasteiger partial charge in [0, 0.05) is 0 Å². The van der Waals surface area contributed by atoms with Crippen LogP contribution in [-0.2, 0) is 0 Å². The number of rotatable bonds is 6. The quantitative estimate of drug-likeness (QED) is 0.492. The summed E-state index contributed by atoms with van der Waals surface area (Å²) in [4.78, 5) is 0. The van der Waals surface area contributed by atoms with Crippen LogP contribution in [0.4, 0.5) is 0 Å². The van der Waals surface area contributed by atoms with Crippen molar-refractivity contribution in [2.24, 2.45) is 11.5 Å². The van der Waals surface area contributed by atoms with E-state index < -0.39 is 8.07 Å². The Balaban J connectivity index is 3.38. The molecular formula is C9H24N2Si. The first-order valence-corrected chi connectivity index (χ1v) is 8.52. The van der Waals surface area contributed by atoms with E-state index in [1.54, 1.807) is 0 Å². The summed E-state index contributed by atoms with van der Waals surface area (Å²) < 4.78 is 0. The van der Waals surface area contributed by atoms with Gasteiger partial charge in [-0.25, -0.2) is 0 Å². The van der Waals surface area contributed by atoms with E-state index in [0.717, 1.165) is 13.0 Å². The van der Waals surface area contributed by atoms with Crippen LogP contribution >= 0.6 is 0 Å². The fraction of sp³-hybridized carbons (Fsp3) is 1.00. The molecule has 74 valence electrons. The molecule has 0 aromatic heterocycles. The highest BCUT2D eigenvalue weighted by atomic mass is 28.3.